The highest BCUT2D eigenvalue weighted by atomic mass is 32.2. The van der Waals surface area contributed by atoms with Gasteiger partial charge in [-0.05, 0) is 55.7 Å². The van der Waals surface area contributed by atoms with Crippen LogP contribution in [0.4, 0.5) is 0 Å². The maximum Gasteiger partial charge on any atom is 0.330 e. The van der Waals surface area contributed by atoms with Crippen molar-refractivity contribution < 1.29 is 0 Å². The summed E-state index contributed by atoms with van der Waals surface area (Å²) in [6, 6.07) is 15.7. The van der Waals surface area contributed by atoms with Gasteiger partial charge in [0, 0.05) is 16.0 Å². The van der Waals surface area contributed by atoms with Gasteiger partial charge in [0.05, 0.1) is 11.6 Å². The molecule has 0 amide bonds. The van der Waals surface area contributed by atoms with E-state index >= 15 is 0 Å². The van der Waals surface area contributed by atoms with Crippen molar-refractivity contribution in [1.82, 2.24) is 9.55 Å². The number of rotatable bonds is 4. The van der Waals surface area contributed by atoms with Crippen LogP contribution < -0.4 is 11.2 Å². The Balaban J connectivity index is 1.94. The van der Waals surface area contributed by atoms with E-state index in [1.54, 1.807) is 0 Å². The van der Waals surface area contributed by atoms with E-state index in [0.717, 1.165) is 21.6 Å². The summed E-state index contributed by atoms with van der Waals surface area (Å²) in [5.41, 5.74) is 3.03. The largest absolute Gasteiger partial charge is 0.330 e. The van der Waals surface area contributed by atoms with E-state index in [1.807, 2.05) is 63.2 Å². The van der Waals surface area contributed by atoms with E-state index in [9.17, 15) is 9.59 Å². The predicted octanol–water partition coefficient (Wildman–Crippen LogP) is 3.92. The van der Waals surface area contributed by atoms with Crippen LogP contribution in [0.25, 0.3) is 0 Å². The third kappa shape index (κ3) is 4.65. The fourth-order valence-corrected chi connectivity index (χ4v) is 4.21. The summed E-state index contributed by atoms with van der Waals surface area (Å²) in [5.74, 6) is 5.91. The van der Waals surface area contributed by atoms with Gasteiger partial charge in [0.25, 0.3) is 5.56 Å². The average molecular weight is 391 g/mol. The van der Waals surface area contributed by atoms with Gasteiger partial charge in [-0.25, -0.2) is 9.36 Å². The van der Waals surface area contributed by atoms with Crippen molar-refractivity contribution in [2.45, 2.75) is 43.7 Å². The predicted molar refractivity (Wildman–Crippen MR) is 114 cm³/mol. The molecule has 4 nitrogen and oxygen atoms in total. The molecule has 0 saturated heterocycles. The van der Waals surface area contributed by atoms with Crippen molar-refractivity contribution in [2.75, 3.05) is 0 Å². The molecule has 142 valence electrons. The van der Waals surface area contributed by atoms with Crippen molar-refractivity contribution in [3.05, 3.63) is 91.6 Å². The van der Waals surface area contributed by atoms with Gasteiger partial charge >= 0.3 is 5.69 Å². The van der Waals surface area contributed by atoms with E-state index in [4.69, 9.17) is 0 Å². The summed E-state index contributed by atoms with van der Waals surface area (Å²) in [6.07, 6.45) is 0.537. The van der Waals surface area contributed by atoms with Gasteiger partial charge in [-0.15, -0.1) is 0 Å². The molecule has 0 aliphatic carbocycles. The van der Waals surface area contributed by atoms with Crippen LogP contribution in [0.5, 0.6) is 0 Å². The quantitative estimate of drug-likeness (QED) is 0.543. The van der Waals surface area contributed by atoms with E-state index in [0.29, 0.717) is 17.0 Å². The van der Waals surface area contributed by atoms with Gasteiger partial charge in [0.1, 0.15) is 0 Å². The zero-order valence-electron chi connectivity index (χ0n) is 16.2. The molecule has 1 aromatic heterocycles. The topological polar surface area (TPSA) is 54.9 Å². The van der Waals surface area contributed by atoms with Crippen molar-refractivity contribution in [3.8, 4) is 11.8 Å². The van der Waals surface area contributed by atoms with Crippen LogP contribution in [0.2, 0.25) is 0 Å². The number of benzene rings is 2. The third-order valence-corrected chi connectivity index (χ3v) is 5.28. The fraction of sp³-hybridized carbons (Fsp3) is 0.217. The molecule has 2 aromatic carbocycles. The lowest BCUT2D eigenvalue weighted by molar-refractivity contribution is 0.685. The molecule has 0 unspecified atom stereocenters. The number of H-pyrrole nitrogens is 1. The van der Waals surface area contributed by atoms with Crippen molar-refractivity contribution in [1.29, 1.82) is 0 Å². The molecule has 1 heterocycles. The molecule has 0 radical (unpaired) electrons. The molecule has 0 bridgehead atoms. The molecule has 0 aliphatic rings. The minimum Gasteiger partial charge on any atom is -0.301 e. The van der Waals surface area contributed by atoms with E-state index in [-0.39, 0.29) is 12.1 Å². The molecule has 3 aromatic rings. The molecular formula is C23H22N2O2S. The number of hydrogen-bond donors (Lipinski definition) is 1. The average Bonchev–Trinajstić information content (AvgIpc) is 2.64. The van der Waals surface area contributed by atoms with Crippen LogP contribution >= 0.6 is 11.8 Å². The summed E-state index contributed by atoms with van der Waals surface area (Å²) in [7, 11) is 0. The Morgan fingerprint density at radius 2 is 1.71 bits per heavy atom. The normalized spacial score (nSPS) is 10.4. The standard InChI is InChI=1S/C23H22N2O2S/c1-4-20-21(28-19-14-16(2)13-17(3)15-19)24-23(27)25(22(20)26)12-8-11-18-9-6-5-7-10-18/h5-7,9-10,13-15H,4,12H2,1-3H3,(H,24,27). The van der Waals surface area contributed by atoms with Gasteiger partial charge in [0.15, 0.2) is 0 Å². The lowest BCUT2D eigenvalue weighted by Gasteiger charge is -2.10. The number of aromatic nitrogens is 2. The molecule has 5 heteroatoms. The van der Waals surface area contributed by atoms with Gasteiger partial charge in [0.2, 0.25) is 0 Å². The Kier molecular flexibility index (Phi) is 6.23. The van der Waals surface area contributed by atoms with E-state index < -0.39 is 5.69 Å². The molecule has 0 fully saturated rings. The Morgan fingerprint density at radius 3 is 2.36 bits per heavy atom. The highest BCUT2D eigenvalue weighted by molar-refractivity contribution is 7.99. The molecular weight excluding hydrogens is 368 g/mol. The van der Waals surface area contributed by atoms with E-state index in [2.05, 4.69) is 22.9 Å². The maximum absolute atomic E-state index is 12.9. The molecule has 3 rings (SSSR count). The zero-order chi connectivity index (χ0) is 20.1. The van der Waals surface area contributed by atoms with Crippen molar-refractivity contribution in [2.24, 2.45) is 0 Å². The summed E-state index contributed by atoms with van der Waals surface area (Å²) in [6.45, 7) is 6.04. The first kappa shape index (κ1) is 19.8. The molecule has 0 saturated carbocycles. The van der Waals surface area contributed by atoms with Crippen LogP contribution in [-0.2, 0) is 13.0 Å². The molecule has 0 spiro atoms. The maximum atomic E-state index is 12.9. The Hall–Kier alpha value is -2.97. The van der Waals surface area contributed by atoms with Crippen LogP contribution in [0, 0.1) is 25.7 Å². The Labute approximate surface area is 168 Å². The summed E-state index contributed by atoms with van der Waals surface area (Å²) in [5, 5.41) is 0.606. The van der Waals surface area contributed by atoms with Gasteiger partial charge < -0.3 is 4.98 Å². The first-order valence-corrected chi connectivity index (χ1v) is 9.95. The van der Waals surface area contributed by atoms with Crippen LogP contribution in [0.3, 0.4) is 0 Å². The minimum atomic E-state index is -0.434. The minimum absolute atomic E-state index is 0.0601. The Morgan fingerprint density at radius 1 is 1.04 bits per heavy atom. The third-order valence-electron chi connectivity index (χ3n) is 4.26. The van der Waals surface area contributed by atoms with Gasteiger partial charge in [-0.2, -0.15) is 0 Å². The fourth-order valence-electron chi connectivity index (χ4n) is 2.99. The molecule has 1 N–H and O–H groups in total. The summed E-state index contributed by atoms with van der Waals surface area (Å²) >= 11 is 1.42. The number of nitrogens with one attached hydrogen (secondary N) is 1. The SMILES string of the molecule is CCc1c(Sc2cc(C)cc(C)c2)[nH]c(=O)n(CC#Cc2ccccc2)c1=O. The van der Waals surface area contributed by atoms with Gasteiger partial charge in [-0.1, -0.05) is 54.8 Å². The monoisotopic (exact) mass is 390 g/mol. The molecule has 28 heavy (non-hydrogen) atoms. The lowest BCUT2D eigenvalue weighted by atomic mass is 10.2. The van der Waals surface area contributed by atoms with Crippen molar-refractivity contribution in [3.63, 3.8) is 0 Å². The van der Waals surface area contributed by atoms with Crippen molar-refractivity contribution >= 4 is 11.8 Å². The number of hydrogen-bond acceptors (Lipinski definition) is 3. The molecule has 0 atom stereocenters. The highest BCUT2D eigenvalue weighted by Crippen LogP contribution is 2.28. The number of nitrogens with zero attached hydrogens (tertiary/aromatic N) is 1. The second kappa shape index (κ2) is 8.81. The molecule has 0 aliphatic heterocycles. The number of aromatic amines is 1. The first-order chi connectivity index (χ1) is 13.5. The smallest absolute Gasteiger partial charge is 0.301 e. The summed E-state index contributed by atoms with van der Waals surface area (Å²) < 4.78 is 1.17. The zero-order valence-corrected chi connectivity index (χ0v) is 17.0. The highest BCUT2D eigenvalue weighted by Gasteiger charge is 2.13. The number of aryl methyl sites for hydroxylation is 2. The lowest BCUT2D eigenvalue weighted by Crippen LogP contribution is -2.37. The second-order valence-electron chi connectivity index (χ2n) is 6.58. The summed E-state index contributed by atoms with van der Waals surface area (Å²) in [4.78, 5) is 29.3. The second-order valence-corrected chi connectivity index (χ2v) is 7.66. The van der Waals surface area contributed by atoms with Crippen LogP contribution in [0.15, 0.2) is 68.0 Å². The van der Waals surface area contributed by atoms with Crippen LogP contribution in [0.1, 0.15) is 29.2 Å². The van der Waals surface area contributed by atoms with E-state index in [1.165, 1.54) is 16.3 Å². The van der Waals surface area contributed by atoms with Crippen LogP contribution in [-0.4, -0.2) is 9.55 Å². The Bertz CT molecular complexity index is 1140. The first-order valence-electron chi connectivity index (χ1n) is 9.14. The van der Waals surface area contributed by atoms with Gasteiger partial charge in [-0.3, -0.25) is 4.79 Å².